The van der Waals surface area contributed by atoms with Crippen molar-refractivity contribution in [3.05, 3.63) is 36.0 Å². The highest BCUT2D eigenvalue weighted by molar-refractivity contribution is 5.66. The number of anilines is 4. The van der Waals surface area contributed by atoms with Crippen LogP contribution in [0.4, 0.5) is 23.1 Å². The summed E-state index contributed by atoms with van der Waals surface area (Å²) >= 11 is 0. The van der Waals surface area contributed by atoms with E-state index in [9.17, 15) is 5.11 Å². The van der Waals surface area contributed by atoms with Crippen LogP contribution in [0.5, 0.6) is 0 Å². The van der Waals surface area contributed by atoms with Crippen molar-refractivity contribution in [2.45, 2.75) is 31.3 Å². The molecule has 0 aromatic carbocycles. The maximum absolute atomic E-state index is 9.95. The number of β-amino-alcohol motifs (C(OH)–C–C–N with tert-alkyl or cyclic N) is 1. The normalized spacial score (nSPS) is 22.5. The molecule has 3 N–H and O–H groups in total. The first-order valence-corrected chi connectivity index (χ1v) is 10.4. The number of hydrogen-bond donors (Lipinski definition) is 3. The van der Waals surface area contributed by atoms with E-state index >= 15 is 0 Å². The number of aliphatic hydroxyl groups excluding tert-OH is 1. The minimum Gasteiger partial charge on any atom is -0.391 e. The fourth-order valence-electron chi connectivity index (χ4n) is 4.05. The second-order valence-electron chi connectivity index (χ2n) is 8.07. The summed E-state index contributed by atoms with van der Waals surface area (Å²) in [5, 5.41) is 16.7. The molecular weight excluding hydrogens is 352 g/mol. The van der Waals surface area contributed by atoms with E-state index in [1.165, 1.54) is 24.1 Å². The highest BCUT2D eigenvalue weighted by Gasteiger charge is 2.24. The summed E-state index contributed by atoms with van der Waals surface area (Å²) in [7, 11) is 0. The molecule has 1 saturated carbocycles. The SMILES string of the molecule is OC1CCN(c2cc(N3CCNCC3)cc(Nc3ccc(C4CC4)cn3)n2)C1. The van der Waals surface area contributed by atoms with Crippen LogP contribution in [-0.2, 0) is 0 Å². The van der Waals surface area contributed by atoms with Gasteiger partial charge in [-0.05, 0) is 36.8 Å². The molecule has 28 heavy (non-hydrogen) atoms. The van der Waals surface area contributed by atoms with Crippen LogP contribution in [0.25, 0.3) is 0 Å². The Morgan fingerprint density at radius 1 is 1.00 bits per heavy atom. The van der Waals surface area contributed by atoms with Gasteiger partial charge in [0.15, 0.2) is 0 Å². The lowest BCUT2D eigenvalue weighted by Crippen LogP contribution is -2.43. The van der Waals surface area contributed by atoms with Gasteiger partial charge >= 0.3 is 0 Å². The van der Waals surface area contributed by atoms with E-state index in [1.807, 2.05) is 12.3 Å². The maximum Gasteiger partial charge on any atom is 0.136 e. The van der Waals surface area contributed by atoms with Gasteiger partial charge in [0.2, 0.25) is 0 Å². The summed E-state index contributed by atoms with van der Waals surface area (Å²) in [6.07, 6.45) is 5.09. The standard InChI is InChI=1S/C21H28N6O/c28-18-5-8-27(14-18)21-12-17(26-9-6-22-7-10-26)11-20(25-21)24-19-4-3-16(13-23-19)15-1-2-15/h3-4,11-13,15,18,22,28H,1-2,5-10,14H2,(H,23,24,25). The number of piperazine rings is 1. The van der Waals surface area contributed by atoms with E-state index in [1.54, 1.807) is 0 Å². The minimum atomic E-state index is -0.266. The van der Waals surface area contributed by atoms with Gasteiger partial charge < -0.3 is 25.5 Å². The van der Waals surface area contributed by atoms with Crippen molar-refractivity contribution >= 4 is 23.1 Å². The lowest BCUT2D eigenvalue weighted by Gasteiger charge is -2.30. The van der Waals surface area contributed by atoms with Crippen LogP contribution in [0.15, 0.2) is 30.5 Å². The van der Waals surface area contributed by atoms with Crippen LogP contribution in [-0.4, -0.2) is 60.4 Å². The molecular formula is C21H28N6O. The average Bonchev–Trinajstić information content (AvgIpc) is 3.49. The van der Waals surface area contributed by atoms with Gasteiger partial charge in [-0.1, -0.05) is 6.07 Å². The molecule has 7 heteroatoms. The van der Waals surface area contributed by atoms with Crippen LogP contribution < -0.4 is 20.4 Å². The van der Waals surface area contributed by atoms with E-state index in [4.69, 9.17) is 4.98 Å². The Morgan fingerprint density at radius 3 is 2.54 bits per heavy atom. The zero-order valence-electron chi connectivity index (χ0n) is 16.1. The van der Waals surface area contributed by atoms with E-state index in [0.29, 0.717) is 12.5 Å². The smallest absolute Gasteiger partial charge is 0.136 e. The molecule has 2 aromatic rings. The molecule has 4 heterocycles. The van der Waals surface area contributed by atoms with Gasteiger partial charge in [-0.15, -0.1) is 0 Å². The van der Waals surface area contributed by atoms with Crippen LogP contribution in [0.3, 0.4) is 0 Å². The second-order valence-corrected chi connectivity index (χ2v) is 8.07. The molecule has 148 valence electrons. The molecule has 5 rings (SSSR count). The Kier molecular flexibility index (Phi) is 4.78. The molecule has 0 amide bonds. The predicted molar refractivity (Wildman–Crippen MR) is 112 cm³/mol. The van der Waals surface area contributed by atoms with E-state index in [0.717, 1.165) is 56.6 Å². The van der Waals surface area contributed by atoms with Gasteiger partial charge in [-0.2, -0.15) is 0 Å². The third kappa shape index (κ3) is 3.91. The topological polar surface area (TPSA) is 76.6 Å². The number of aromatic nitrogens is 2. The van der Waals surface area contributed by atoms with Crippen LogP contribution in [0.2, 0.25) is 0 Å². The Balaban J connectivity index is 1.41. The van der Waals surface area contributed by atoms with E-state index in [2.05, 4.69) is 43.6 Å². The summed E-state index contributed by atoms with van der Waals surface area (Å²) in [4.78, 5) is 14.0. The Labute approximate surface area is 165 Å². The Morgan fingerprint density at radius 2 is 1.86 bits per heavy atom. The lowest BCUT2D eigenvalue weighted by atomic mass is 10.2. The molecule has 0 bridgehead atoms. The van der Waals surface area contributed by atoms with Gasteiger partial charge in [0, 0.05) is 63.3 Å². The Hall–Kier alpha value is -2.38. The number of pyridine rings is 2. The van der Waals surface area contributed by atoms with Crippen molar-refractivity contribution in [2.24, 2.45) is 0 Å². The quantitative estimate of drug-likeness (QED) is 0.733. The lowest BCUT2D eigenvalue weighted by molar-refractivity contribution is 0.198. The molecule has 2 saturated heterocycles. The number of nitrogens with one attached hydrogen (secondary N) is 2. The number of rotatable bonds is 5. The fourth-order valence-corrected chi connectivity index (χ4v) is 4.05. The first-order valence-electron chi connectivity index (χ1n) is 10.4. The van der Waals surface area contributed by atoms with E-state index < -0.39 is 0 Å². The Bertz CT molecular complexity index is 793. The third-order valence-corrected chi connectivity index (χ3v) is 5.86. The number of aliphatic hydroxyl groups is 1. The van der Waals surface area contributed by atoms with Crippen molar-refractivity contribution in [1.82, 2.24) is 15.3 Å². The zero-order valence-corrected chi connectivity index (χ0v) is 16.1. The summed E-state index contributed by atoms with van der Waals surface area (Å²) < 4.78 is 0. The molecule has 1 unspecified atom stereocenters. The van der Waals surface area contributed by atoms with Crippen molar-refractivity contribution < 1.29 is 5.11 Å². The highest BCUT2D eigenvalue weighted by atomic mass is 16.3. The summed E-state index contributed by atoms with van der Waals surface area (Å²) in [5.74, 6) is 3.26. The summed E-state index contributed by atoms with van der Waals surface area (Å²) in [6.45, 7) is 5.44. The molecule has 2 aromatic heterocycles. The zero-order chi connectivity index (χ0) is 18.9. The molecule has 3 aliphatic rings. The van der Waals surface area contributed by atoms with Crippen LogP contribution in [0.1, 0.15) is 30.7 Å². The molecule has 3 fully saturated rings. The summed E-state index contributed by atoms with van der Waals surface area (Å²) in [6, 6.07) is 8.48. The summed E-state index contributed by atoms with van der Waals surface area (Å²) in [5.41, 5.74) is 2.50. The predicted octanol–water partition coefficient (Wildman–Crippen LogP) is 2.08. The van der Waals surface area contributed by atoms with Gasteiger partial charge in [0.25, 0.3) is 0 Å². The molecule has 1 aliphatic carbocycles. The van der Waals surface area contributed by atoms with Gasteiger partial charge in [-0.25, -0.2) is 9.97 Å². The first kappa shape index (κ1) is 17.7. The van der Waals surface area contributed by atoms with E-state index in [-0.39, 0.29) is 6.10 Å². The number of hydrogen-bond acceptors (Lipinski definition) is 7. The molecule has 1 atom stereocenters. The van der Waals surface area contributed by atoms with Gasteiger partial charge in [0.05, 0.1) is 6.10 Å². The fraction of sp³-hybridized carbons (Fsp3) is 0.524. The second kappa shape index (κ2) is 7.56. The molecule has 7 nitrogen and oxygen atoms in total. The largest absolute Gasteiger partial charge is 0.391 e. The van der Waals surface area contributed by atoms with Crippen molar-refractivity contribution in [1.29, 1.82) is 0 Å². The monoisotopic (exact) mass is 380 g/mol. The van der Waals surface area contributed by atoms with Crippen molar-refractivity contribution in [3.63, 3.8) is 0 Å². The molecule has 0 spiro atoms. The van der Waals surface area contributed by atoms with Gasteiger partial charge in [0.1, 0.15) is 17.5 Å². The van der Waals surface area contributed by atoms with Crippen molar-refractivity contribution in [2.75, 3.05) is 54.4 Å². The van der Waals surface area contributed by atoms with Crippen molar-refractivity contribution in [3.8, 4) is 0 Å². The van der Waals surface area contributed by atoms with Gasteiger partial charge in [-0.3, -0.25) is 0 Å². The minimum absolute atomic E-state index is 0.266. The number of nitrogens with zero attached hydrogens (tertiary/aromatic N) is 4. The van der Waals surface area contributed by atoms with Crippen LogP contribution in [0, 0.1) is 0 Å². The molecule has 2 aliphatic heterocycles. The highest BCUT2D eigenvalue weighted by Crippen LogP contribution is 2.39. The first-order chi connectivity index (χ1) is 13.7. The average molecular weight is 380 g/mol. The van der Waals surface area contributed by atoms with Crippen LogP contribution >= 0.6 is 0 Å². The third-order valence-electron chi connectivity index (χ3n) is 5.86. The maximum atomic E-state index is 9.95. The molecule has 0 radical (unpaired) electrons.